The number of halogens is 4. The molecule has 536 valence electrons. The third-order valence-corrected chi connectivity index (χ3v) is 21.2. The first-order valence-corrected chi connectivity index (χ1v) is 37.4. The normalized spacial score (nSPS) is 20.1. The molecule has 8 heterocycles. The lowest BCUT2D eigenvalue weighted by atomic mass is 9.92. The van der Waals surface area contributed by atoms with E-state index >= 15 is 0 Å². The number of nitrogens with zero attached hydrogens (tertiary/aromatic N) is 12. The SMILES string of the molecule is Cc1cn(CCNC(=O)[C@H]2CN(C3c4ccc(Cl)cc4CCc4cc(Br)cnc43)CCN2C(=O)CC2CCN(C(=O)OC(C)(C)C)CC2)cn1.Cc1cncn1CCNC(=O)[C@H]1CN(C2c3ccc(Cl)cc3CCc3cc(Br)cnc32)CCN1C(=O)CC1CCN(C(=O)OC(C)(C)C)CC1. The summed E-state index contributed by atoms with van der Waals surface area (Å²) in [4.78, 5) is 111. The Morgan fingerprint density at radius 2 is 0.990 bits per heavy atom. The van der Waals surface area contributed by atoms with Gasteiger partial charge in [0.2, 0.25) is 23.6 Å². The van der Waals surface area contributed by atoms with E-state index in [4.69, 9.17) is 42.6 Å². The number of piperidine rings is 2. The van der Waals surface area contributed by atoms with Gasteiger partial charge in [-0.2, -0.15) is 0 Å². The highest BCUT2D eigenvalue weighted by molar-refractivity contribution is 9.10. The summed E-state index contributed by atoms with van der Waals surface area (Å²) in [6.07, 6.45) is 17.1. The number of hydrogen-bond acceptors (Lipinski definition) is 14. The molecule has 0 radical (unpaired) electrons. The van der Waals surface area contributed by atoms with E-state index in [0.717, 1.165) is 79.7 Å². The summed E-state index contributed by atoms with van der Waals surface area (Å²) in [7, 11) is 0. The summed E-state index contributed by atoms with van der Waals surface area (Å²) in [5, 5.41) is 7.64. The fourth-order valence-electron chi connectivity index (χ4n) is 14.8. The van der Waals surface area contributed by atoms with Crippen molar-refractivity contribution in [1.82, 2.24) is 69.1 Å². The van der Waals surface area contributed by atoms with Crippen LogP contribution in [0.2, 0.25) is 10.0 Å². The van der Waals surface area contributed by atoms with Crippen LogP contribution in [0.1, 0.15) is 148 Å². The van der Waals surface area contributed by atoms with Crippen LogP contribution >= 0.6 is 55.1 Å². The van der Waals surface area contributed by atoms with Gasteiger partial charge >= 0.3 is 12.2 Å². The number of fused-ring (bicyclic) bond motifs is 4. The predicted molar refractivity (Wildman–Crippen MR) is 390 cm³/mol. The van der Waals surface area contributed by atoms with E-state index in [2.05, 4.69) is 86.5 Å². The fraction of sp³-hybridized carbons (Fsp3) is 0.541. The number of carbonyl (C=O) groups excluding carboxylic acids is 6. The van der Waals surface area contributed by atoms with Gasteiger partial charge in [0.1, 0.15) is 23.3 Å². The van der Waals surface area contributed by atoms with Crippen molar-refractivity contribution in [2.45, 2.75) is 168 Å². The predicted octanol–water partition coefficient (Wildman–Crippen LogP) is 11.1. The molecule has 2 aliphatic carbocycles. The van der Waals surface area contributed by atoms with Crippen molar-refractivity contribution in [3.05, 3.63) is 161 Å². The summed E-state index contributed by atoms with van der Waals surface area (Å²) in [6, 6.07) is 14.6. The molecule has 6 amide bonds. The second kappa shape index (κ2) is 32.6. The minimum Gasteiger partial charge on any atom is -0.444 e. The molecule has 2 aromatic carbocycles. The molecule has 4 atom stereocenters. The van der Waals surface area contributed by atoms with E-state index in [-0.39, 0.29) is 59.7 Å². The Balaban J connectivity index is 0.000000202. The minimum atomic E-state index is -0.681. The molecule has 4 aromatic heterocycles. The molecular formula is C74H94Br2Cl2N14O8. The Bertz CT molecular complexity index is 3830. The Kier molecular flexibility index (Phi) is 24.2. The molecule has 0 spiro atoms. The van der Waals surface area contributed by atoms with E-state index in [1.54, 1.807) is 38.5 Å². The quantitative estimate of drug-likeness (QED) is 0.103. The molecular weight excluding hydrogens is 1440 g/mol. The van der Waals surface area contributed by atoms with Crippen LogP contribution < -0.4 is 10.6 Å². The van der Waals surface area contributed by atoms with Crippen molar-refractivity contribution >= 4 is 90.9 Å². The van der Waals surface area contributed by atoms with Gasteiger partial charge in [-0.1, -0.05) is 35.3 Å². The number of hydrogen-bond donors (Lipinski definition) is 2. The molecule has 2 unspecified atom stereocenters. The van der Waals surface area contributed by atoms with Crippen LogP contribution in [-0.4, -0.2) is 196 Å². The molecule has 0 bridgehead atoms. The maximum absolute atomic E-state index is 14.1. The zero-order valence-corrected chi connectivity index (χ0v) is 63.3. The number of nitrogens with one attached hydrogen (secondary N) is 2. The highest BCUT2D eigenvalue weighted by Crippen LogP contribution is 2.41. The van der Waals surface area contributed by atoms with Crippen LogP contribution in [0, 0.1) is 25.7 Å². The lowest BCUT2D eigenvalue weighted by Gasteiger charge is -2.44. The number of imidazole rings is 2. The zero-order chi connectivity index (χ0) is 71.2. The smallest absolute Gasteiger partial charge is 0.410 e. The number of rotatable bonds is 14. The van der Waals surface area contributed by atoms with Gasteiger partial charge < -0.3 is 48.8 Å². The summed E-state index contributed by atoms with van der Waals surface area (Å²) in [5.74, 6) is -0.147. The number of likely N-dealkylation sites (tertiary alicyclic amines) is 2. The molecule has 12 rings (SSSR count). The van der Waals surface area contributed by atoms with Crippen LogP contribution in [0.15, 0.2) is 94.9 Å². The minimum absolute atomic E-state index is 0.0264. The van der Waals surface area contributed by atoms with Crippen LogP contribution in [0.4, 0.5) is 9.59 Å². The van der Waals surface area contributed by atoms with Crippen molar-refractivity contribution < 1.29 is 38.2 Å². The van der Waals surface area contributed by atoms with Crippen molar-refractivity contribution in [1.29, 1.82) is 0 Å². The Labute approximate surface area is 613 Å². The first-order valence-electron chi connectivity index (χ1n) is 35.1. The summed E-state index contributed by atoms with van der Waals surface area (Å²) in [6.45, 7) is 22.0. The molecule has 2 N–H and O–H groups in total. The van der Waals surface area contributed by atoms with Gasteiger partial charge in [0.25, 0.3) is 0 Å². The monoisotopic (exact) mass is 1530 g/mol. The number of pyridine rings is 2. The van der Waals surface area contributed by atoms with E-state index in [1.807, 2.05) is 107 Å². The topological polar surface area (TPSA) is 226 Å². The maximum atomic E-state index is 14.1. The number of aryl methyl sites for hydroxylation is 6. The average molecular weight is 1540 g/mol. The standard InChI is InChI=1S/2C37H47BrClN7O4/c1-24-21-43(23-42-24)14-11-40-35(48)31-22-45(34-30-8-7-29(39)19-26(30)5-6-27-18-28(38)20-41-33(27)34)15-16-46(31)32(47)17-25-9-12-44(13-10-25)36(49)50-37(2,3)4;1-24-20-40-23-45(24)14-11-41-35(48)31-22-44(34-30-8-7-29(39)19-26(30)5-6-27-18-28(38)21-42-33(27)34)15-16-46(31)32(47)17-25-9-12-43(13-10-25)36(49)50-37(2,3)4/h7-8,18-21,23,25,31,34H,5-6,9-17,22H2,1-4H3,(H,40,48);7-8,18-21,23,25,31,34H,5-6,9-17,22H2,1-4H3,(H,41,48)/t2*31-,34?/m11/s1. The third-order valence-electron chi connectivity index (χ3n) is 19.8. The molecule has 26 heteroatoms. The van der Waals surface area contributed by atoms with Gasteiger partial charge in [0, 0.05) is 154 Å². The average Bonchev–Trinajstić information content (AvgIpc) is 1.45. The molecule has 22 nitrogen and oxygen atoms in total. The summed E-state index contributed by atoms with van der Waals surface area (Å²) >= 11 is 20.2. The zero-order valence-electron chi connectivity index (χ0n) is 58.7. The van der Waals surface area contributed by atoms with E-state index < -0.39 is 23.3 Å². The number of aromatic nitrogens is 6. The van der Waals surface area contributed by atoms with Gasteiger partial charge in [-0.05, 0) is 220 Å². The summed E-state index contributed by atoms with van der Waals surface area (Å²) in [5.41, 5.74) is 9.69. The first kappa shape index (κ1) is 74.2. The second-order valence-electron chi connectivity index (χ2n) is 29.4. The molecule has 100 heavy (non-hydrogen) atoms. The largest absolute Gasteiger partial charge is 0.444 e. The number of piperazine rings is 2. The van der Waals surface area contributed by atoms with Crippen molar-refractivity contribution in [2.75, 3.05) is 78.5 Å². The van der Waals surface area contributed by atoms with Gasteiger partial charge in [0.05, 0.1) is 41.8 Å². The van der Waals surface area contributed by atoms with Crippen molar-refractivity contribution in [2.24, 2.45) is 11.8 Å². The maximum Gasteiger partial charge on any atom is 0.410 e. The molecule has 4 aliphatic heterocycles. The number of ether oxygens (including phenoxy) is 2. The lowest BCUT2D eigenvalue weighted by molar-refractivity contribution is -0.145. The van der Waals surface area contributed by atoms with E-state index in [9.17, 15) is 28.8 Å². The van der Waals surface area contributed by atoms with Crippen LogP contribution in [0.5, 0.6) is 0 Å². The van der Waals surface area contributed by atoms with Crippen LogP contribution in [0.25, 0.3) is 0 Å². The molecule has 4 fully saturated rings. The Hall–Kier alpha value is -6.96. The number of benzene rings is 2. The molecule has 6 aliphatic rings. The number of carbonyl (C=O) groups is 6. The fourth-order valence-corrected chi connectivity index (χ4v) is 15.9. The summed E-state index contributed by atoms with van der Waals surface area (Å²) < 4.78 is 16.9. The van der Waals surface area contributed by atoms with Crippen molar-refractivity contribution in [3.63, 3.8) is 0 Å². The van der Waals surface area contributed by atoms with Gasteiger partial charge in [-0.25, -0.2) is 19.6 Å². The highest BCUT2D eigenvalue weighted by Gasteiger charge is 2.44. The third kappa shape index (κ3) is 18.8. The molecule has 4 saturated heterocycles. The lowest BCUT2D eigenvalue weighted by Crippen LogP contribution is -2.61. The van der Waals surface area contributed by atoms with Gasteiger partial charge in [-0.3, -0.25) is 38.9 Å². The van der Waals surface area contributed by atoms with Gasteiger partial charge in [-0.15, -0.1) is 0 Å². The van der Waals surface area contributed by atoms with E-state index in [0.29, 0.717) is 140 Å². The first-order chi connectivity index (χ1) is 47.7. The molecule has 6 aromatic rings. The Morgan fingerprint density at radius 1 is 0.550 bits per heavy atom. The van der Waals surface area contributed by atoms with Crippen molar-refractivity contribution in [3.8, 4) is 0 Å². The van der Waals surface area contributed by atoms with Crippen LogP contribution in [0.3, 0.4) is 0 Å². The van der Waals surface area contributed by atoms with Crippen LogP contribution in [-0.2, 0) is 67.4 Å². The highest BCUT2D eigenvalue weighted by atomic mass is 79.9. The van der Waals surface area contributed by atoms with Gasteiger partial charge in [0.15, 0.2) is 0 Å². The molecule has 0 saturated carbocycles. The number of amides is 6. The Morgan fingerprint density at radius 3 is 1.40 bits per heavy atom. The second-order valence-corrected chi connectivity index (χ2v) is 32.1. The van der Waals surface area contributed by atoms with E-state index in [1.165, 1.54) is 11.1 Å².